The lowest BCUT2D eigenvalue weighted by molar-refractivity contribution is -0.129. The number of hydrogen-bond acceptors (Lipinski definition) is 3. The number of ether oxygens (including phenoxy) is 1. The molecule has 1 fully saturated rings. The average molecular weight is 302 g/mol. The van der Waals surface area contributed by atoms with Gasteiger partial charge in [0.15, 0.2) is 0 Å². The van der Waals surface area contributed by atoms with Crippen LogP contribution in [0.1, 0.15) is 12.0 Å². The Morgan fingerprint density at radius 3 is 2.71 bits per heavy atom. The number of halogens is 3. The molecule has 0 spiro atoms. The molecule has 1 aromatic carbocycles. The normalized spacial score (nSPS) is 17.2. The highest BCUT2D eigenvalue weighted by atomic mass is 19.3. The predicted molar refractivity (Wildman–Crippen MR) is 70.6 cm³/mol. The molecule has 2 rings (SSSR count). The monoisotopic (exact) mass is 302 g/mol. The van der Waals surface area contributed by atoms with Gasteiger partial charge in [-0.3, -0.25) is 9.69 Å². The lowest BCUT2D eigenvalue weighted by Gasteiger charge is -2.20. The van der Waals surface area contributed by atoms with Crippen molar-refractivity contribution in [3.8, 4) is 5.75 Å². The Bertz CT molecular complexity index is 511. The summed E-state index contributed by atoms with van der Waals surface area (Å²) in [5, 5.41) is 0. The summed E-state index contributed by atoms with van der Waals surface area (Å²) < 4.78 is 42.1. The maximum Gasteiger partial charge on any atom is 0.387 e. The number of benzene rings is 1. The van der Waals surface area contributed by atoms with Crippen molar-refractivity contribution in [3.63, 3.8) is 0 Å². The molecule has 0 N–H and O–H groups in total. The number of amides is 1. The third-order valence-corrected chi connectivity index (χ3v) is 3.46. The van der Waals surface area contributed by atoms with Crippen LogP contribution in [0.5, 0.6) is 5.75 Å². The summed E-state index contributed by atoms with van der Waals surface area (Å²) >= 11 is 0. The molecule has 1 amide bonds. The van der Waals surface area contributed by atoms with Gasteiger partial charge in [-0.1, -0.05) is 6.07 Å². The molecule has 7 heteroatoms. The van der Waals surface area contributed by atoms with Crippen molar-refractivity contribution >= 4 is 5.91 Å². The Morgan fingerprint density at radius 1 is 1.29 bits per heavy atom. The van der Waals surface area contributed by atoms with E-state index in [2.05, 4.69) is 4.74 Å². The maximum absolute atomic E-state index is 13.9. The minimum Gasteiger partial charge on any atom is -0.435 e. The Morgan fingerprint density at radius 2 is 2.05 bits per heavy atom. The maximum atomic E-state index is 13.9. The molecule has 1 aliphatic rings. The summed E-state index contributed by atoms with van der Waals surface area (Å²) in [4.78, 5) is 15.2. The van der Waals surface area contributed by atoms with Gasteiger partial charge in [-0.05, 0) is 6.07 Å². The molecule has 116 valence electrons. The first-order chi connectivity index (χ1) is 9.95. The van der Waals surface area contributed by atoms with Gasteiger partial charge in [0.05, 0.1) is 0 Å². The number of rotatable bonds is 4. The Balaban J connectivity index is 2.01. The highest BCUT2D eigenvalue weighted by molar-refractivity contribution is 5.76. The second-order valence-corrected chi connectivity index (χ2v) is 4.97. The molecule has 1 aromatic rings. The van der Waals surface area contributed by atoms with Gasteiger partial charge >= 0.3 is 6.61 Å². The SMILES string of the molecule is CN1CCN(Cc2ccc(OC(F)F)cc2F)CCC1=O. The molecule has 0 aromatic heterocycles. The van der Waals surface area contributed by atoms with E-state index in [4.69, 9.17) is 0 Å². The zero-order valence-electron chi connectivity index (χ0n) is 11.7. The van der Waals surface area contributed by atoms with Crippen molar-refractivity contribution in [1.82, 2.24) is 9.80 Å². The molecular weight excluding hydrogens is 285 g/mol. The molecule has 21 heavy (non-hydrogen) atoms. The first-order valence-corrected chi connectivity index (χ1v) is 6.65. The van der Waals surface area contributed by atoms with E-state index in [1.54, 1.807) is 11.9 Å². The van der Waals surface area contributed by atoms with Crippen LogP contribution >= 0.6 is 0 Å². The molecule has 0 bridgehead atoms. The third-order valence-electron chi connectivity index (χ3n) is 3.46. The van der Waals surface area contributed by atoms with E-state index in [9.17, 15) is 18.0 Å². The van der Waals surface area contributed by atoms with Gasteiger partial charge in [-0.15, -0.1) is 0 Å². The molecular formula is C14H17F3N2O2. The Labute approximate surface area is 121 Å². The number of hydrogen-bond donors (Lipinski definition) is 0. The molecule has 1 heterocycles. The van der Waals surface area contributed by atoms with E-state index in [1.807, 2.05) is 4.90 Å². The van der Waals surface area contributed by atoms with E-state index in [-0.39, 0.29) is 11.7 Å². The van der Waals surface area contributed by atoms with E-state index >= 15 is 0 Å². The number of nitrogens with zero attached hydrogens (tertiary/aromatic N) is 2. The second-order valence-electron chi connectivity index (χ2n) is 4.97. The first kappa shape index (κ1) is 15.6. The fourth-order valence-electron chi connectivity index (χ4n) is 2.20. The first-order valence-electron chi connectivity index (χ1n) is 6.65. The van der Waals surface area contributed by atoms with Gasteiger partial charge in [-0.2, -0.15) is 8.78 Å². The topological polar surface area (TPSA) is 32.8 Å². The number of carbonyl (C=O) groups is 1. The van der Waals surface area contributed by atoms with Crippen molar-refractivity contribution in [2.24, 2.45) is 0 Å². The minimum atomic E-state index is -2.97. The molecule has 0 saturated carbocycles. The molecule has 0 aliphatic carbocycles. The van der Waals surface area contributed by atoms with Crippen LogP contribution in [0.15, 0.2) is 18.2 Å². The smallest absolute Gasteiger partial charge is 0.387 e. The zero-order valence-corrected chi connectivity index (χ0v) is 11.7. The molecule has 0 atom stereocenters. The zero-order chi connectivity index (χ0) is 15.4. The molecule has 0 radical (unpaired) electrons. The van der Waals surface area contributed by atoms with E-state index in [1.165, 1.54) is 12.1 Å². The van der Waals surface area contributed by atoms with Crippen molar-refractivity contribution < 1.29 is 22.7 Å². The lowest BCUT2D eigenvalue weighted by Crippen LogP contribution is -2.30. The van der Waals surface area contributed by atoms with Crippen molar-refractivity contribution in [1.29, 1.82) is 0 Å². The Hall–Kier alpha value is -1.76. The van der Waals surface area contributed by atoms with Gasteiger partial charge in [0.1, 0.15) is 11.6 Å². The van der Waals surface area contributed by atoms with Crippen LogP contribution in [0.25, 0.3) is 0 Å². The minimum absolute atomic E-state index is 0.0682. The molecule has 0 unspecified atom stereocenters. The van der Waals surface area contributed by atoms with Gasteiger partial charge < -0.3 is 9.64 Å². The molecule has 4 nitrogen and oxygen atoms in total. The third kappa shape index (κ3) is 4.35. The van der Waals surface area contributed by atoms with Gasteiger partial charge in [0.25, 0.3) is 0 Å². The van der Waals surface area contributed by atoms with Crippen LogP contribution < -0.4 is 4.74 Å². The predicted octanol–water partition coefficient (Wildman–Crippen LogP) is 2.09. The summed E-state index contributed by atoms with van der Waals surface area (Å²) in [6.07, 6.45) is 0.394. The van der Waals surface area contributed by atoms with Crippen LogP contribution in [0.2, 0.25) is 0 Å². The van der Waals surface area contributed by atoms with Crippen LogP contribution in [0.3, 0.4) is 0 Å². The second kappa shape index (κ2) is 6.80. The number of carbonyl (C=O) groups excluding carboxylic acids is 1. The number of alkyl halides is 2. The van der Waals surface area contributed by atoms with E-state index in [0.717, 1.165) is 6.07 Å². The van der Waals surface area contributed by atoms with Crippen LogP contribution in [-0.2, 0) is 11.3 Å². The highest BCUT2D eigenvalue weighted by Crippen LogP contribution is 2.20. The van der Waals surface area contributed by atoms with Crippen LogP contribution in [0.4, 0.5) is 13.2 Å². The highest BCUT2D eigenvalue weighted by Gasteiger charge is 2.19. The van der Waals surface area contributed by atoms with Gasteiger partial charge in [0.2, 0.25) is 5.91 Å². The van der Waals surface area contributed by atoms with Crippen LogP contribution in [0, 0.1) is 5.82 Å². The lowest BCUT2D eigenvalue weighted by atomic mass is 10.2. The fourth-order valence-corrected chi connectivity index (χ4v) is 2.20. The largest absolute Gasteiger partial charge is 0.435 e. The summed E-state index contributed by atoms with van der Waals surface area (Å²) in [7, 11) is 1.74. The standard InChI is InChI=1S/C14H17F3N2O2/c1-18-6-7-19(5-4-13(18)20)9-10-2-3-11(8-12(10)15)21-14(16)17/h2-3,8,14H,4-7,9H2,1H3. The van der Waals surface area contributed by atoms with Crippen LogP contribution in [-0.4, -0.2) is 49.0 Å². The fraction of sp³-hybridized carbons (Fsp3) is 0.500. The van der Waals surface area contributed by atoms with Crippen molar-refractivity contribution in [2.45, 2.75) is 19.6 Å². The van der Waals surface area contributed by atoms with Gasteiger partial charge in [0, 0.05) is 51.3 Å². The van der Waals surface area contributed by atoms with E-state index in [0.29, 0.717) is 38.2 Å². The number of likely N-dealkylation sites (N-methyl/N-ethyl adjacent to an activating group) is 1. The van der Waals surface area contributed by atoms with Crippen molar-refractivity contribution in [3.05, 3.63) is 29.6 Å². The summed E-state index contributed by atoms with van der Waals surface area (Å²) in [5.74, 6) is -0.715. The molecule has 1 aliphatic heterocycles. The summed E-state index contributed by atoms with van der Waals surface area (Å²) in [5.41, 5.74) is 0.397. The summed E-state index contributed by atoms with van der Waals surface area (Å²) in [6, 6.07) is 3.71. The summed E-state index contributed by atoms with van der Waals surface area (Å²) in [6.45, 7) is -0.841. The van der Waals surface area contributed by atoms with E-state index < -0.39 is 12.4 Å². The van der Waals surface area contributed by atoms with Gasteiger partial charge in [-0.25, -0.2) is 4.39 Å². The van der Waals surface area contributed by atoms with Crippen molar-refractivity contribution in [2.75, 3.05) is 26.7 Å². The molecule has 1 saturated heterocycles. The average Bonchev–Trinajstić information content (AvgIpc) is 2.57. The Kier molecular flexibility index (Phi) is 5.06. The quantitative estimate of drug-likeness (QED) is 0.854.